The highest BCUT2D eigenvalue weighted by Gasteiger charge is 2.36. The van der Waals surface area contributed by atoms with Gasteiger partial charge in [0.05, 0.1) is 11.5 Å². The second-order valence-corrected chi connectivity index (χ2v) is 10.5. The van der Waals surface area contributed by atoms with Crippen molar-refractivity contribution in [1.29, 1.82) is 0 Å². The fourth-order valence-electron chi connectivity index (χ4n) is 2.94. The van der Waals surface area contributed by atoms with Gasteiger partial charge in [-0.25, -0.2) is 8.42 Å². The molecule has 1 aliphatic rings. The lowest BCUT2D eigenvalue weighted by atomic mass is 10.1. The number of benzene rings is 2. The quantitative estimate of drug-likeness (QED) is 0.523. The number of hydrogen-bond donors (Lipinski definition) is 1. The second kappa shape index (κ2) is 6.56. The number of nitrogens with two attached hydrogens (primary N) is 1. The number of fused-ring (bicyclic) bond motifs is 1. The molecule has 0 aliphatic carbocycles. The minimum atomic E-state index is -3.63. The summed E-state index contributed by atoms with van der Waals surface area (Å²) >= 11 is 1.19. The highest BCUT2D eigenvalue weighted by molar-refractivity contribution is 8.09. The third-order valence-corrected chi connectivity index (χ3v) is 7.62. The first-order valence-electron chi connectivity index (χ1n) is 8.50. The van der Waals surface area contributed by atoms with Crippen molar-refractivity contribution in [1.82, 2.24) is 3.71 Å². The number of hydrogen-bond acceptors (Lipinski definition) is 6. The topological polar surface area (TPSA) is 85.8 Å². The molecule has 0 radical (unpaired) electrons. The van der Waals surface area contributed by atoms with Crippen LogP contribution >= 0.6 is 11.9 Å². The van der Waals surface area contributed by atoms with E-state index in [-0.39, 0.29) is 4.90 Å². The maximum absolute atomic E-state index is 13.0. The number of rotatable bonds is 3. The fraction of sp³-hybridized carbons (Fsp3) is 0.263. The Hall–Kier alpha value is -2.00. The Morgan fingerprint density at radius 3 is 2.56 bits per heavy atom. The number of furan rings is 1. The summed E-state index contributed by atoms with van der Waals surface area (Å²) in [5.41, 5.74) is 7.92. The molecule has 142 valence electrons. The zero-order valence-electron chi connectivity index (χ0n) is 15.0. The number of sulfonamides is 1. The van der Waals surface area contributed by atoms with Crippen molar-refractivity contribution in [2.24, 2.45) is 0 Å². The Bertz CT molecular complexity index is 1090. The van der Waals surface area contributed by atoms with Crippen LogP contribution in [0.4, 0.5) is 5.69 Å². The molecular formula is C19H20N2O4S2. The number of nitrogens with zero attached hydrogens (tertiary/aromatic N) is 1. The largest absolute Gasteiger partial charge is 0.456 e. The molecule has 6 nitrogen and oxygen atoms in total. The van der Waals surface area contributed by atoms with Crippen LogP contribution in [0, 0.1) is 0 Å². The molecule has 0 bridgehead atoms. The van der Waals surface area contributed by atoms with Gasteiger partial charge in [-0.2, -0.15) is 0 Å². The van der Waals surface area contributed by atoms with Gasteiger partial charge in [-0.1, -0.05) is 0 Å². The Balaban J connectivity index is 1.70. The Kier molecular flexibility index (Phi) is 4.46. The molecule has 0 amide bonds. The van der Waals surface area contributed by atoms with Gasteiger partial charge in [0, 0.05) is 23.2 Å². The van der Waals surface area contributed by atoms with E-state index in [4.69, 9.17) is 14.9 Å². The lowest BCUT2D eigenvalue weighted by Crippen LogP contribution is -2.40. The van der Waals surface area contributed by atoms with Gasteiger partial charge in [0.25, 0.3) is 10.0 Å². The predicted octanol–water partition coefficient (Wildman–Crippen LogP) is 4.09. The van der Waals surface area contributed by atoms with E-state index in [1.807, 2.05) is 32.0 Å². The monoisotopic (exact) mass is 404 g/mol. The summed E-state index contributed by atoms with van der Waals surface area (Å²) in [6.07, 6.45) is 0. The highest BCUT2D eigenvalue weighted by atomic mass is 32.3. The summed E-state index contributed by atoms with van der Waals surface area (Å²) in [6.45, 7) is 4.40. The van der Waals surface area contributed by atoms with Crippen molar-refractivity contribution in [2.45, 2.75) is 23.7 Å². The van der Waals surface area contributed by atoms with Crippen molar-refractivity contribution in [3.8, 4) is 11.3 Å². The summed E-state index contributed by atoms with van der Waals surface area (Å²) in [7, 11) is -3.63. The SMILES string of the molecule is CC1(C)OCCN(S(=O)(=O)c2ccc3oc(-c4ccc(N)cc4)cc3c2)S1. The van der Waals surface area contributed by atoms with E-state index < -0.39 is 15.0 Å². The molecule has 0 unspecified atom stereocenters. The summed E-state index contributed by atoms with van der Waals surface area (Å²) < 4.78 is 38.9. The van der Waals surface area contributed by atoms with Gasteiger partial charge in [0.2, 0.25) is 0 Å². The average molecular weight is 405 g/mol. The molecule has 2 N–H and O–H groups in total. The molecule has 2 aromatic carbocycles. The summed E-state index contributed by atoms with van der Waals surface area (Å²) in [4.78, 5) is -0.335. The van der Waals surface area contributed by atoms with Crippen molar-refractivity contribution in [3.63, 3.8) is 0 Å². The maximum Gasteiger partial charge on any atom is 0.252 e. The molecule has 1 saturated heterocycles. The molecule has 1 aliphatic heterocycles. The maximum atomic E-state index is 13.0. The first-order chi connectivity index (χ1) is 12.7. The van der Waals surface area contributed by atoms with Gasteiger partial charge < -0.3 is 14.9 Å². The summed E-state index contributed by atoms with van der Waals surface area (Å²) in [5.74, 6) is 0.668. The number of ether oxygens (including phenoxy) is 1. The lowest BCUT2D eigenvalue weighted by molar-refractivity contribution is 0.0377. The summed E-state index contributed by atoms with van der Waals surface area (Å²) in [6, 6.07) is 14.1. The van der Waals surface area contributed by atoms with E-state index in [0.717, 1.165) is 10.9 Å². The van der Waals surface area contributed by atoms with Crippen molar-refractivity contribution in [3.05, 3.63) is 48.5 Å². The number of nitrogen functional groups attached to an aromatic ring is 1. The Labute approximate surface area is 162 Å². The molecule has 3 aromatic rings. The van der Waals surface area contributed by atoms with Crippen LogP contribution in [0.2, 0.25) is 0 Å². The highest BCUT2D eigenvalue weighted by Crippen LogP contribution is 2.38. The van der Waals surface area contributed by atoms with Crippen LogP contribution in [0.1, 0.15) is 13.8 Å². The second-order valence-electron chi connectivity index (χ2n) is 6.80. The van der Waals surface area contributed by atoms with Crippen LogP contribution in [-0.2, 0) is 14.8 Å². The van der Waals surface area contributed by atoms with Gasteiger partial charge in [0.1, 0.15) is 16.3 Å². The smallest absolute Gasteiger partial charge is 0.252 e. The molecule has 0 saturated carbocycles. The van der Waals surface area contributed by atoms with Crippen LogP contribution in [0.3, 0.4) is 0 Å². The molecule has 2 heterocycles. The fourth-order valence-corrected chi connectivity index (χ4v) is 5.99. The van der Waals surface area contributed by atoms with E-state index in [1.54, 1.807) is 30.3 Å². The Morgan fingerprint density at radius 2 is 1.85 bits per heavy atom. The van der Waals surface area contributed by atoms with Crippen LogP contribution in [0.5, 0.6) is 0 Å². The molecule has 1 fully saturated rings. The first kappa shape index (κ1) is 18.4. The van der Waals surface area contributed by atoms with Gasteiger partial charge in [0.15, 0.2) is 0 Å². The third kappa shape index (κ3) is 3.58. The molecule has 27 heavy (non-hydrogen) atoms. The standard InChI is InChI=1S/C19H20N2O4S2/c1-19(2)24-10-9-21(26-19)27(22,23)16-7-8-17-14(11-16)12-18(25-17)13-3-5-15(20)6-4-13/h3-8,11-12H,9-10,20H2,1-2H3. The molecule has 0 spiro atoms. The Morgan fingerprint density at radius 1 is 1.11 bits per heavy atom. The molecular weight excluding hydrogens is 384 g/mol. The number of anilines is 1. The van der Waals surface area contributed by atoms with E-state index in [9.17, 15) is 8.42 Å². The minimum absolute atomic E-state index is 0.241. The van der Waals surface area contributed by atoms with Gasteiger partial charge >= 0.3 is 0 Å². The van der Waals surface area contributed by atoms with Gasteiger partial charge in [-0.3, -0.25) is 0 Å². The molecule has 1 aromatic heterocycles. The van der Waals surface area contributed by atoms with E-state index in [1.165, 1.54) is 15.7 Å². The predicted molar refractivity (Wildman–Crippen MR) is 108 cm³/mol. The molecule has 4 rings (SSSR count). The molecule has 0 atom stereocenters. The van der Waals surface area contributed by atoms with Gasteiger partial charge in [-0.05, 0) is 74.3 Å². The first-order valence-corrected chi connectivity index (χ1v) is 10.7. The van der Waals surface area contributed by atoms with Crippen LogP contribution in [0.25, 0.3) is 22.3 Å². The average Bonchev–Trinajstić information content (AvgIpc) is 3.04. The van der Waals surface area contributed by atoms with Crippen LogP contribution < -0.4 is 5.73 Å². The van der Waals surface area contributed by atoms with Crippen molar-refractivity contribution >= 4 is 38.6 Å². The zero-order valence-corrected chi connectivity index (χ0v) is 16.6. The molecule has 8 heteroatoms. The van der Waals surface area contributed by atoms with Crippen LogP contribution in [-0.4, -0.2) is 30.2 Å². The van der Waals surface area contributed by atoms with Crippen LogP contribution in [0.15, 0.2) is 57.8 Å². The third-order valence-electron chi connectivity index (χ3n) is 4.29. The van der Waals surface area contributed by atoms with E-state index in [2.05, 4.69) is 0 Å². The lowest BCUT2D eigenvalue weighted by Gasteiger charge is -2.35. The minimum Gasteiger partial charge on any atom is -0.456 e. The van der Waals surface area contributed by atoms with Crippen molar-refractivity contribution in [2.75, 3.05) is 18.9 Å². The van der Waals surface area contributed by atoms with E-state index in [0.29, 0.717) is 30.2 Å². The zero-order chi connectivity index (χ0) is 19.2. The normalized spacial score (nSPS) is 18.0. The van der Waals surface area contributed by atoms with Gasteiger partial charge in [-0.15, -0.1) is 3.71 Å². The summed E-state index contributed by atoms with van der Waals surface area (Å²) in [5, 5.41) is 0.736. The van der Waals surface area contributed by atoms with Crippen molar-refractivity contribution < 1.29 is 17.6 Å². The van der Waals surface area contributed by atoms with E-state index >= 15 is 0 Å².